The third-order valence-electron chi connectivity index (χ3n) is 3.80. The molecule has 0 aromatic heterocycles. The zero-order valence-corrected chi connectivity index (χ0v) is 14.7. The van der Waals surface area contributed by atoms with Crippen LogP contribution in [0.25, 0.3) is 0 Å². The number of aliphatic hydroxyl groups is 2. The maximum absolute atomic E-state index is 13.0. The van der Waals surface area contributed by atoms with Crippen molar-refractivity contribution in [2.24, 2.45) is 0 Å². The molecule has 0 amide bonds. The Bertz CT molecular complexity index is 614. The van der Waals surface area contributed by atoms with Gasteiger partial charge in [0.25, 0.3) is 0 Å². The molecule has 4 nitrogen and oxygen atoms in total. The molecule has 0 fully saturated rings. The molecule has 0 heterocycles. The number of carbonyl (C=O) groups is 1. The Morgan fingerprint density at radius 1 is 0.958 bits per heavy atom. The van der Waals surface area contributed by atoms with E-state index >= 15 is 0 Å². The van der Waals surface area contributed by atoms with Crippen molar-refractivity contribution in [3.63, 3.8) is 0 Å². The van der Waals surface area contributed by atoms with E-state index in [1.165, 1.54) is 0 Å². The van der Waals surface area contributed by atoms with Crippen LogP contribution in [0.5, 0.6) is 0 Å². The van der Waals surface area contributed by atoms with Crippen LogP contribution in [0.2, 0.25) is 5.02 Å². The number of rotatable bonds is 8. The Morgan fingerprint density at radius 2 is 1.50 bits per heavy atom. The van der Waals surface area contributed by atoms with Gasteiger partial charge in [0.05, 0.1) is 13.2 Å². The van der Waals surface area contributed by atoms with E-state index in [9.17, 15) is 15.0 Å². The van der Waals surface area contributed by atoms with Crippen molar-refractivity contribution in [1.82, 2.24) is 0 Å². The van der Waals surface area contributed by atoms with Crippen LogP contribution in [-0.2, 0) is 0 Å². The molecule has 0 saturated heterocycles. The molecule has 1 atom stereocenters. The number of benzene rings is 2. The Balaban J connectivity index is 0.00000288. The molecule has 0 aliphatic rings. The monoisotopic (exact) mass is 369 g/mol. The van der Waals surface area contributed by atoms with Crippen LogP contribution in [0, 0.1) is 0 Å². The molecule has 0 aliphatic carbocycles. The summed E-state index contributed by atoms with van der Waals surface area (Å²) in [6, 6.07) is 15.8. The molecule has 0 bridgehead atoms. The van der Waals surface area contributed by atoms with Crippen LogP contribution in [0.3, 0.4) is 0 Å². The lowest BCUT2D eigenvalue weighted by atomic mass is 9.96. The van der Waals surface area contributed by atoms with Crippen molar-refractivity contribution in [3.8, 4) is 0 Å². The van der Waals surface area contributed by atoms with Crippen molar-refractivity contribution in [2.75, 3.05) is 26.3 Å². The van der Waals surface area contributed by atoms with Crippen LogP contribution in [0.4, 0.5) is 0 Å². The second-order valence-electron chi connectivity index (χ2n) is 5.32. The van der Waals surface area contributed by atoms with Crippen LogP contribution >= 0.6 is 11.6 Å². The van der Waals surface area contributed by atoms with Crippen molar-refractivity contribution in [3.05, 3.63) is 70.7 Å². The summed E-state index contributed by atoms with van der Waals surface area (Å²) < 4.78 is 0. The van der Waals surface area contributed by atoms with Gasteiger partial charge in [-0.25, -0.2) is 0 Å². The summed E-state index contributed by atoms with van der Waals surface area (Å²) in [5.74, 6) is -0.0511. The number of hydrogen-bond acceptors (Lipinski definition) is 3. The minimum Gasteiger partial charge on any atom is -1.00 e. The summed E-state index contributed by atoms with van der Waals surface area (Å²) in [6.07, 6.45) is 0. The topological polar surface area (TPSA) is 62.0 Å². The smallest absolute Gasteiger partial charge is 0.224 e. The summed E-state index contributed by atoms with van der Waals surface area (Å²) in [6.45, 7) is 0.679. The summed E-state index contributed by atoms with van der Waals surface area (Å²) >= 11 is 5.89. The highest BCUT2D eigenvalue weighted by Crippen LogP contribution is 2.18. The number of ketones is 1. The van der Waals surface area contributed by atoms with Gasteiger partial charge >= 0.3 is 0 Å². The third-order valence-corrected chi connectivity index (χ3v) is 4.05. The average molecular weight is 370 g/mol. The number of quaternary nitrogens is 1. The van der Waals surface area contributed by atoms with Crippen LogP contribution in [0.15, 0.2) is 54.6 Å². The lowest BCUT2D eigenvalue weighted by Gasteiger charge is -2.27. The number of hydrogen-bond donors (Lipinski definition) is 3. The highest BCUT2D eigenvalue weighted by atomic mass is 35.5. The zero-order valence-electron chi connectivity index (χ0n) is 13.2. The summed E-state index contributed by atoms with van der Waals surface area (Å²) in [5.41, 5.74) is 1.43. The van der Waals surface area contributed by atoms with Gasteiger partial charge in [0, 0.05) is 16.1 Å². The van der Waals surface area contributed by atoms with Gasteiger partial charge < -0.3 is 27.5 Å². The number of carbonyl (C=O) groups excluding carboxylic acids is 1. The molecule has 0 spiro atoms. The number of aliphatic hydroxyl groups excluding tert-OH is 2. The first-order valence-electron chi connectivity index (χ1n) is 7.58. The SMILES string of the molecule is O=C(c1ccc(Cl)cc1)C(c1ccccc1)[NH+](CCO)CCO.[Cl-]. The van der Waals surface area contributed by atoms with Crippen LogP contribution in [-0.4, -0.2) is 42.3 Å². The molecular formula is C18H21Cl2NO3. The van der Waals surface area contributed by atoms with E-state index < -0.39 is 6.04 Å². The van der Waals surface area contributed by atoms with Crippen molar-refractivity contribution in [1.29, 1.82) is 0 Å². The average Bonchev–Trinajstić information content (AvgIpc) is 2.57. The molecule has 0 radical (unpaired) electrons. The molecule has 3 N–H and O–H groups in total. The van der Waals surface area contributed by atoms with Crippen molar-refractivity contribution < 1.29 is 32.3 Å². The zero-order chi connectivity index (χ0) is 16.7. The molecule has 130 valence electrons. The van der Waals surface area contributed by atoms with E-state index in [0.29, 0.717) is 23.7 Å². The van der Waals surface area contributed by atoms with E-state index in [-0.39, 0.29) is 31.4 Å². The second-order valence-corrected chi connectivity index (χ2v) is 5.76. The van der Waals surface area contributed by atoms with E-state index in [0.717, 1.165) is 10.5 Å². The lowest BCUT2D eigenvalue weighted by Crippen LogP contribution is -3.14. The Labute approximate surface area is 153 Å². The fourth-order valence-electron chi connectivity index (χ4n) is 2.70. The van der Waals surface area contributed by atoms with Gasteiger partial charge in [0.1, 0.15) is 13.1 Å². The lowest BCUT2D eigenvalue weighted by molar-refractivity contribution is -0.922. The molecule has 1 unspecified atom stereocenters. The predicted octanol–water partition coefficient (Wildman–Crippen LogP) is -1.86. The van der Waals surface area contributed by atoms with Gasteiger partial charge in [-0.05, 0) is 24.3 Å². The molecule has 6 heteroatoms. The highest BCUT2D eigenvalue weighted by molar-refractivity contribution is 6.30. The molecule has 0 saturated carbocycles. The first-order chi connectivity index (χ1) is 11.2. The number of halogens is 2. The Hall–Kier alpha value is -1.43. The highest BCUT2D eigenvalue weighted by Gasteiger charge is 2.31. The molecule has 2 rings (SSSR count). The van der Waals surface area contributed by atoms with Gasteiger partial charge in [-0.1, -0.05) is 41.9 Å². The van der Waals surface area contributed by atoms with Crippen LogP contribution < -0.4 is 17.3 Å². The van der Waals surface area contributed by atoms with E-state index in [1.54, 1.807) is 24.3 Å². The maximum Gasteiger partial charge on any atom is 0.224 e. The van der Waals surface area contributed by atoms with E-state index in [4.69, 9.17) is 11.6 Å². The molecule has 0 aliphatic heterocycles. The van der Waals surface area contributed by atoms with Gasteiger partial charge in [-0.2, -0.15) is 0 Å². The molecular weight excluding hydrogens is 349 g/mol. The quantitative estimate of drug-likeness (QED) is 0.478. The van der Waals surface area contributed by atoms with E-state index in [1.807, 2.05) is 30.3 Å². The van der Waals surface area contributed by atoms with Gasteiger partial charge in [0.15, 0.2) is 6.04 Å². The largest absolute Gasteiger partial charge is 1.00 e. The van der Waals surface area contributed by atoms with Gasteiger partial charge in [0.2, 0.25) is 5.78 Å². The number of Topliss-reactive ketones (excluding diaryl/α,β-unsaturated/α-hetero) is 1. The standard InChI is InChI=1S/C18H20ClNO3.ClH/c19-16-8-6-15(7-9-16)18(23)17(14-4-2-1-3-5-14)20(10-12-21)11-13-22;/h1-9,17,21-22H,10-13H2;1H. The summed E-state index contributed by atoms with van der Waals surface area (Å²) in [5, 5.41) is 19.2. The Morgan fingerprint density at radius 3 is 2.00 bits per heavy atom. The van der Waals surface area contributed by atoms with E-state index in [2.05, 4.69) is 0 Å². The number of nitrogens with one attached hydrogen (secondary N) is 1. The van der Waals surface area contributed by atoms with Crippen molar-refractivity contribution >= 4 is 17.4 Å². The fraction of sp³-hybridized carbons (Fsp3) is 0.278. The minimum absolute atomic E-state index is 0. The fourth-order valence-corrected chi connectivity index (χ4v) is 2.83. The van der Waals surface area contributed by atoms with Gasteiger partial charge in [-0.3, -0.25) is 4.79 Å². The first-order valence-corrected chi connectivity index (χ1v) is 7.96. The normalized spacial score (nSPS) is 11.8. The minimum atomic E-state index is -0.475. The Kier molecular flexibility index (Phi) is 8.97. The van der Waals surface area contributed by atoms with Crippen LogP contribution in [0.1, 0.15) is 22.0 Å². The first kappa shape index (κ1) is 20.6. The van der Waals surface area contributed by atoms with Crippen molar-refractivity contribution in [2.45, 2.75) is 6.04 Å². The molecule has 24 heavy (non-hydrogen) atoms. The van der Waals surface area contributed by atoms with Gasteiger partial charge in [-0.15, -0.1) is 0 Å². The molecule has 2 aromatic rings. The third kappa shape index (κ3) is 5.30. The maximum atomic E-state index is 13.0. The summed E-state index contributed by atoms with van der Waals surface area (Å²) in [4.78, 5) is 13.9. The summed E-state index contributed by atoms with van der Waals surface area (Å²) in [7, 11) is 0. The molecule has 2 aromatic carbocycles. The second kappa shape index (κ2) is 10.4. The predicted molar refractivity (Wildman–Crippen MR) is 89.8 cm³/mol.